The molecule has 1 saturated carbocycles. The van der Waals surface area contributed by atoms with Gasteiger partial charge >= 0.3 is 0 Å². The van der Waals surface area contributed by atoms with E-state index in [-0.39, 0.29) is 5.54 Å². The molecule has 14 heavy (non-hydrogen) atoms. The highest BCUT2D eigenvalue weighted by Crippen LogP contribution is 2.36. The molecule has 1 saturated heterocycles. The summed E-state index contributed by atoms with van der Waals surface area (Å²) in [6, 6.07) is 0. The molecule has 2 aliphatic rings. The van der Waals surface area contributed by atoms with E-state index in [1.165, 1.54) is 19.3 Å². The molecular weight excluding hydrogens is 176 g/mol. The Bertz CT molecular complexity index is 233. The molecule has 3 heteroatoms. The molecule has 1 spiro atoms. The maximum Gasteiger partial charge on any atom is 0.242 e. The minimum atomic E-state index is -0.134. The maximum absolute atomic E-state index is 12.2. The lowest BCUT2D eigenvalue weighted by Crippen LogP contribution is -2.64. The van der Waals surface area contributed by atoms with Gasteiger partial charge in [0.1, 0.15) is 5.54 Å². The first-order valence-corrected chi connectivity index (χ1v) is 5.64. The molecule has 1 amide bonds. The minimum absolute atomic E-state index is 0.134. The van der Waals surface area contributed by atoms with Crippen molar-refractivity contribution in [3.63, 3.8) is 0 Å². The van der Waals surface area contributed by atoms with E-state index in [0.29, 0.717) is 5.91 Å². The fraction of sp³-hybridized carbons (Fsp3) is 0.909. The molecule has 0 aromatic heterocycles. The van der Waals surface area contributed by atoms with E-state index in [2.05, 4.69) is 11.9 Å². The normalized spacial score (nSPS) is 28.4. The summed E-state index contributed by atoms with van der Waals surface area (Å²) in [6.07, 6.45) is 5.85. The highest BCUT2D eigenvalue weighted by Gasteiger charge is 2.46. The number of hydrogen-bond donors (Lipinski definition) is 0. The molecule has 0 radical (unpaired) electrons. The third-order valence-electron chi connectivity index (χ3n) is 3.93. The van der Waals surface area contributed by atoms with E-state index in [1.54, 1.807) is 0 Å². The van der Waals surface area contributed by atoms with Crippen LogP contribution >= 0.6 is 0 Å². The summed E-state index contributed by atoms with van der Waals surface area (Å²) in [4.78, 5) is 16.4. The minimum Gasteiger partial charge on any atom is -0.343 e. The Morgan fingerprint density at radius 2 is 1.71 bits per heavy atom. The molecule has 3 nitrogen and oxygen atoms in total. The standard InChI is InChI=1S/C11H20N2O/c1-12-8-9-13(2)11(10(12)14)6-4-3-5-7-11/h3-9H2,1-2H3. The molecule has 1 aliphatic carbocycles. The summed E-state index contributed by atoms with van der Waals surface area (Å²) in [6.45, 7) is 1.92. The highest BCUT2D eigenvalue weighted by atomic mass is 16.2. The number of carbonyl (C=O) groups excluding carboxylic acids is 1. The monoisotopic (exact) mass is 196 g/mol. The molecule has 80 valence electrons. The van der Waals surface area contributed by atoms with Crippen molar-refractivity contribution >= 4 is 5.91 Å². The Balaban J connectivity index is 2.22. The van der Waals surface area contributed by atoms with Gasteiger partial charge in [-0.25, -0.2) is 0 Å². The zero-order chi connectivity index (χ0) is 10.2. The topological polar surface area (TPSA) is 23.6 Å². The number of rotatable bonds is 0. The zero-order valence-corrected chi connectivity index (χ0v) is 9.25. The predicted molar refractivity (Wildman–Crippen MR) is 56.1 cm³/mol. The number of likely N-dealkylation sites (N-methyl/N-ethyl adjacent to an activating group) is 2. The van der Waals surface area contributed by atoms with Crippen molar-refractivity contribution in [1.82, 2.24) is 9.80 Å². The second-order valence-corrected chi connectivity index (χ2v) is 4.74. The Hall–Kier alpha value is -0.570. The summed E-state index contributed by atoms with van der Waals surface area (Å²) in [7, 11) is 4.04. The van der Waals surface area contributed by atoms with Crippen LogP contribution in [0.5, 0.6) is 0 Å². The maximum atomic E-state index is 12.2. The number of amides is 1. The van der Waals surface area contributed by atoms with Crippen LogP contribution in [-0.2, 0) is 4.79 Å². The predicted octanol–water partition coefficient (Wildman–Crippen LogP) is 1.09. The molecule has 1 aliphatic heterocycles. The highest BCUT2D eigenvalue weighted by molar-refractivity contribution is 5.87. The first-order valence-electron chi connectivity index (χ1n) is 5.64. The summed E-state index contributed by atoms with van der Waals surface area (Å²) in [5.41, 5.74) is -0.134. The van der Waals surface area contributed by atoms with E-state index in [9.17, 15) is 4.79 Å². The summed E-state index contributed by atoms with van der Waals surface area (Å²) in [5.74, 6) is 0.353. The molecule has 0 unspecified atom stereocenters. The van der Waals surface area contributed by atoms with Crippen LogP contribution in [0.15, 0.2) is 0 Å². The smallest absolute Gasteiger partial charge is 0.242 e. The number of nitrogens with zero attached hydrogens (tertiary/aromatic N) is 2. The Morgan fingerprint density at radius 1 is 1.07 bits per heavy atom. The molecule has 0 aromatic rings. The summed E-state index contributed by atoms with van der Waals surface area (Å²) in [5, 5.41) is 0. The van der Waals surface area contributed by atoms with Gasteiger partial charge in [0.2, 0.25) is 5.91 Å². The van der Waals surface area contributed by atoms with Crippen molar-refractivity contribution in [3.8, 4) is 0 Å². The van der Waals surface area contributed by atoms with Gasteiger partial charge in [0.15, 0.2) is 0 Å². The van der Waals surface area contributed by atoms with Gasteiger partial charge in [-0.1, -0.05) is 19.3 Å². The van der Waals surface area contributed by atoms with E-state index >= 15 is 0 Å². The van der Waals surface area contributed by atoms with Gasteiger partial charge in [-0.2, -0.15) is 0 Å². The van der Waals surface area contributed by atoms with Gasteiger partial charge in [-0.3, -0.25) is 9.69 Å². The summed E-state index contributed by atoms with van der Waals surface area (Å²) >= 11 is 0. The van der Waals surface area contributed by atoms with Crippen LogP contribution in [-0.4, -0.2) is 48.4 Å². The Morgan fingerprint density at radius 3 is 2.36 bits per heavy atom. The second kappa shape index (κ2) is 3.54. The van der Waals surface area contributed by atoms with Crippen LogP contribution < -0.4 is 0 Å². The van der Waals surface area contributed by atoms with Gasteiger partial charge in [-0.15, -0.1) is 0 Å². The SMILES string of the molecule is CN1CCN(C)C2(CCCCC2)C1=O. The summed E-state index contributed by atoms with van der Waals surface area (Å²) < 4.78 is 0. The molecule has 0 atom stereocenters. The lowest BCUT2D eigenvalue weighted by Gasteiger charge is -2.49. The van der Waals surface area contributed by atoms with Crippen LogP contribution in [0.1, 0.15) is 32.1 Å². The average Bonchev–Trinajstić information content (AvgIpc) is 2.23. The average molecular weight is 196 g/mol. The van der Waals surface area contributed by atoms with Crippen molar-refractivity contribution < 1.29 is 4.79 Å². The quantitative estimate of drug-likeness (QED) is 0.579. The zero-order valence-electron chi connectivity index (χ0n) is 9.25. The lowest BCUT2D eigenvalue weighted by molar-refractivity contribution is -0.151. The molecule has 0 N–H and O–H groups in total. The van der Waals surface area contributed by atoms with Gasteiger partial charge in [0, 0.05) is 20.1 Å². The van der Waals surface area contributed by atoms with Crippen molar-refractivity contribution in [2.45, 2.75) is 37.6 Å². The van der Waals surface area contributed by atoms with E-state index in [0.717, 1.165) is 25.9 Å². The van der Waals surface area contributed by atoms with Crippen LogP contribution in [0.4, 0.5) is 0 Å². The third-order valence-corrected chi connectivity index (χ3v) is 3.93. The van der Waals surface area contributed by atoms with Crippen LogP contribution in [0.3, 0.4) is 0 Å². The van der Waals surface area contributed by atoms with Gasteiger partial charge < -0.3 is 4.90 Å². The van der Waals surface area contributed by atoms with E-state index in [4.69, 9.17) is 0 Å². The molecular formula is C11H20N2O. The molecule has 2 rings (SSSR count). The van der Waals surface area contributed by atoms with Crippen LogP contribution in [0.25, 0.3) is 0 Å². The van der Waals surface area contributed by atoms with Crippen molar-refractivity contribution in [2.75, 3.05) is 27.2 Å². The van der Waals surface area contributed by atoms with Gasteiger partial charge in [0.05, 0.1) is 0 Å². The molecule has 1 heterocycles. The van der Waals surface area contributed by atoms with E-state index < -0.39 is 0 Å². The molecule has 0 bridgehead atoms. The number of hydrogen-bond acceptors (Lipinski definition) is 2. The molecule has 0 aromatic carbocycles. The van der Waals surface area contributed by atoms with Crippen LogP contribution in [0.2, 0.25) is 0 Å². The first kappa shape index (κ1) is 9.97. The lowest BCUT2D eigenvalue weighted by atomic mass is 9.78. The largest absolute Gasteiger partial charge is 0.343 e. The molecule has 2 fully saturated rings. The van der Waals surface area contributed by atoms with Gasteiger partial charge in [0.25, 0.3) is 0 Å². The van der Waals surface area contributed by atoms with Crippen LogP contribution in [0, 0.1) is 0 Å². The second-order valence-electron chi connectivity index (χ2n) is 4.74. The van der Waals surface area contributed by atoms with E-state index in [1.807, 2.05) is 11.9 Å². The first-order chi connectivity index (χ1) is 6.67. The van der Waals surface area contributed by atoms with Crippen molar-refractivity contribution in [1.29, 1.82) is 0 Å². The van der Waals surface area contributed by atoms with Gasteiger partial charge in [-0.05, 0) is 19.9 Å². The third kappa shape index (κ3) is 1.34. The van der Waals surface area contributed by atoms with Crippen molar-refractivity contribution in [2.24, 2.45) is 0 Å². The fourth-order valence-electron chi connectivity index (χ4n) is 2.87. The fourth-order valence-corrected chi connectivity index (χ4v) is 2.87. The number of carbonyl (C=O) groups is 1. The Labute approximate surface area is 86.1 Å². The van der Waals surface area contributed by atoms with Crippen molar-refractivity contribution in [3.05, 3.63) is 0 Å². The number of piperazine rings is 1. The Kier molecular flexibility index (Phi) is 2.52.